The molecule has 1 aliphatic heterocycles. The van der Waals surface area contributed by atoms with E-state index in [4.69, 9.17) is 16.8 Å². The molecule has 360 valence electrons. The first kappa shape index (κ1) is 51.4. The number of nitro benzene ring substituents is 1. The molecule has 0 spiro atoms. The van der Waals surface area contributed by atoms with E-state index in [2.05, 4.69) is 37.3 Å². The van der Waals surface area contributed by atoms with Crippen LogP contribution in [0.4, 0.5) is 22.7 Å². The maximum Gasteiger partial charge on any atom is 0.293 e. The molecule has 3 amide bonds. The molecule has 1 heterocycles. The lowest BCUT2D eigenvalue weighted by Gasteiger charge is -2.37. The van der Waals surface area contributed by atoms with Crippen LogP contribution in [-0.4, -0.2) is 105 Å². The van der Waals surface area contributed by atoms with Crippen molar-refractivity contribution in [1.29, 1.82) is 0 Å². The number of hydrogen-bond donors (Lipinski definition) is 5. The fourth-order valence-corrected chi connectivity index (χ4v) is 9.88. The van der Waals surface area contributed by atoms with Crippen LogP contribution in [0.15, 0.2) is 125 Å². The van der Waals surface area contributed by atoms with Gasteiger partial charge < -0.3 is 20.4 Å². The maximum absolute atomic E-state index is 13.8. The Bertz CT molecular complexity index is 2630. The van der Waals surface area contributed by atoms with Crippen molar-refractivity contribution in [2.75, 3.05) is 68.1 Å². The summed E-state index contributed by atoms with van der Waals surface area (Å²) in [5.41, 5.74) is 5.52. The Hall–Kier alpha value is -6.02. The van der Waals surface area contributed by atoms with Crippen molar-refractivity contribution in [2.45, 2.75) is 60.9 Å². The van der Waals surface area contributed by atoms with Gasteiger partial charge in [0.25, 0.3) is 21.6 Å². The summed E-state index contributed by atoms with van der Waals surface area (Å²) in [6.45, 7) is 3.96. The number of rotatable bonds is 23. The number of carbonyl (C=O) groups excluding carboxylic acids is 3. The molecular formula is C49H57ClN8O8S2. The van der Waals surface area contributed by atoms with Gasteiger partial charge in [0, 0.05) is 78.9 Å². The van der Waals surface area contributed by atoms with E-state index in [-0.39, 0.29) is 36.0 Å². The summed E-state index contributed by atoms with van der Waals surface area (Å²) < 4.78 is 29.5. The summed E-state index contributed by atoms with van der Waals surface area (Å²) in [5, 5.41) is 28.0. The van der Waals surface area contributed by atoms with Gasteiger partial charge in [0.2, 0.25) is 11.8 Å². The molecule has 0 aliphatic carbocycles. The number of halogens is 1. The highest BCUT2D eigenvalue weighted by molar-refractivity contribution is 7.99. The van der Waals surface area contributed by atoms with E-state index in [0.29, 0.717) is 87.1 Å². The van der Waals surface area contributed by atoms with E-state index in [1.807, 2.05) is 85.7 Å². The highest BCUT2D eigenvalue weighted by atomic mass is 35.5. The van der Waals surface area contributed by atoms with Crippen LogP contribution >= 0.6 is 23.4 Å². The van der Waals surface area contributed by atoms with Crippen LogP contribution < -0.4 is 25.7 Å². The third-order valence-corrected chi connectivity index (χ3v) is 14.2. The number of hydroxylamine groups is 1. The van der Waals surface area contributed by atoms with Crippen LogP contribution in [0.3, 0.4) is 0 Å². The Balaban J connectivity index is 1.17. The molecule has 68 heavy (non-hydrogen) atoms. The van der Waals surface area contributed by atoms with Crippen molar-refractivity contribution >= 4 is 73.9 Å². The molecule has 1 saturated heterocycles. The number of nitro groups is 1. The SMILES string of the molecule is CN(C)CC[C@H](CSc1ccccc1)Nc1ccc(S(=O)(=O)NC(=O)c2ccc(N3CCN(Cc4ccccc4-c4ccc(Cl)cc4)CC3)c(NC(=O)CCCCCC(=O)NO)c2)cc1[N+](=O)[O-]. The van der Waals surface area contributed by atoms with Gasteiger partial charge in [-0.2, -0.15) is 0 Å². The van der Waals surface area contributed by atoms with Crippen LogP contribution in [0, 0.1) is 10.1 Å². The standard InChI is InChI=1S/C49H57ClN8O8S2/c1-55(2)26-25-39(34-67-40-12-5-3-6-13-40)51-43-23-22-41(32-46(43)58(63)64)68(65,66)54-49(61)36-19-24-45(44(31-36)52-47(59)15-7-4-8-16-48(60)53-62)57-29-27-56(28-30-57)33-37-11-9-10-14-42(37)35-17-20-38(50)21-18-35/h3,5-6,9-14,17-24,31-32,39,51,62H,4,7-8,15-16,25-30,33-34H2,1-2H3,(H,52,59)(H,53,60)(H,54,61)/t39-/m1/s1. The zero-order chi connectivity index (χ0) is 48.6. The van der Waals surface area contributed by atoms with E-state index in [1.54, 1.807) is 23.3 Å². The van der Waals surface area contributed by atoms with E-state index in [1.165, 1.54) is 29.8 Å². The highest BCUT2D eigenvalue weighted by Gasteiger charge is 2.27. The summed E-state index contributed by atoms with van der Waals surface area (Å²) in [6, 6.07) is 33.6. The van der Waals surface area contributed by atoms with Crippen molar-refractivity contribution in [3.63, 3.8) is 0 Å². The Labute approximate surface area is 406 Å². The van der Waals surface area contributed by atoms with Gasteiger partial charge in [-0.3, -0.25) is 34.6 Å². The van der Waals surface area contributed by atoms with Crippen molar-refractivity contribution in [3.8, 4) is 11.1 Å². The van der Waals surface area contributed by atoms with Crippen LogP contribution in [0.25, 0.3) is 11.1 Å². The minimum Gasteiger partial charge on any atom is -0.376 e. The molecule has 0 unspecified atom stereocenters. The molecular weight excluding hydrogens is 928 g/mol. The van der Waals surface area contributed by atoms with E-state index >= 15 is 0 Å². The molecule has 0 radical (unpaired) electrons. The average molecular weight is 986 g/mol. The van der Waals surface area contributed by atoms with Gasteiger partial charge in [-0.15, -0.1) is 11.8 Å². The van der Waals surface area contributed by atoms with Gasteiger partial charge in [-0.05, 0) is 111 Å². The molecule has 0 saturated carbocycles. The number of benzene rings is 5. The molecule has 5 aromatic carbocycles. The van der Waals surface area contributed by atoms with E-state index < -0.39 is 37.3 Å². The number of nitrogens with zero attached hydrogens (tertiary/aromatic N) is 4. The third-order valence-electron chi connectivity index (χ3n) is 11.4. The summed E-state index contributed by atoms with van der Waals surface area (Å²) in [5.74, 6) is -1.26. The zero-order valence-corrected chi connectivity index (χ0v) is 40.4. The lowest BCUT2D eigenvalue weighted by atomic mass is 9.99. The van der Waals surface area contributed by atoms with E-state index in [0.717, 1.165) is 22.1 Å². The summed E-state index contributed by atoms with van der Waals surface area (Å²) in [6.07, 6.45) is 2.36. The largest absolute Gasteiger partial charge is 0.376 e. The summed E-state index contributed by atoms with van der Waals surface area (Å²) in [7, 11) is -0.745. The van der Waals surface area contributed by atoms with Crippen molar-refractivity contribution in [2.24, 2.45) is 0 Å². The number of unbranched alkanes of at least 4 members (excludes halogenated alkanes) is 2. The number of nitrogens with one attached hydrogen (secondary N) is 4. The zero-order valence-electron chi connectivity index (χ0n) is 38.0. The van der Waals surface area contributed by atoms with Gasteiger partial charge in [0.15, 0.2) is 0 Å². The minimum absolute atomic E-state index is 0.0625. The number of thioether (sulfide) groups is 1. The van der Waals surface area contributed by atoms with Crippen LogP contribution in [0.5, 0.6) is 0 Å². The molecule has 5 N–H and O–H groups in total. The van der Waals surface area contributed by atoms with Gasteiger partial charge in [0.1, 0.15) is 5.69 Å². The Kier molecular flexibility index (Phi) is 18.8. The lowest BCUT2D eigenvalue weighted by Crippen LogP contribution is -2.46. The summed E-state index contributed by atoms with van der Waals surface area (Å²) in [4.78, 5) is 57.3. The second-order valence-corrected chi connectivity index (χ2v) is 19.9. The van der Waals surface area contributed by atoms with Gasteiger partial charge in [0.05, 0.1) is 21.2 Å². The molecule has 0 bridgehead atoms. The smallest absolute Gasteiger partial charge is 0.293 e. The van der Waals surface area contributed by atoms with Gasteiger partial charge in [-0.25, -0.2) is 18.6 Å². The molecule has 1 atom stereocenters. The number of anilines is 3. The summed E-state index contributed by atoms with van der Waals surface area (Å²) >= 11 is 7.76. The molecule has 1 aliphatic rings. The third kappa shape index (κ3) is 15.0. The average Bonchev–Trinajstić information content (AvgIpc) is 3.33. The van der Waals surface area contributed by atoms with Crippen LogP contribution in [-0.2, 0) is 26.2 Å². The molecule has 1 fully saturated rings. The van der Waals surface area contributed by atoms with Crippen LogP contribution in [0.2, 0.25) is 5.02 Å². The van der Waals surface area contributed by atoms with Crippen LogP contribution in [0.1, 0.15) is 54.4 Å². The molecule has 0 aromatic heterocycles. The van der Waals surface area contributed by atoms with Crippen molar-refractivity contribution in [1.82, 2.24) is 20.0 Å². The van der Waals surface area contributed by atoms with Crippen molar-refractivity contribution in [3.05, 3.63) is 142 Å². The van der Waals surface area contributed by atoms with Gasteiger partial charge in [-0.1, -0.05) is 72.6 Å². The first-order valence-electron chi connectivity index (χ1n) is 22.3. The lowest BCUT2D eigenvalue weighted by molar-refractivity contribution is -0.384. The topological polar surface area (TPSA) is 207 Å². The normalized spacial score (nSPS) is 13.5. The Morgan fingerprint density at radius 3 is 2.22 bits per heavy atom. The maximum atomic E-state index is 13.8. The number of sulfonamides is 1. The number of hydrogen-bond acceptors (Lipinski definition) is 13. The molecule has 19 heteroatoms. The quantitative estimate of drug-likeness (QED) is 0.0138. The number of carbonyl (C=O) groups is 3. The first-order valence-corrected chi connectivity index (χ1v) is 25.2. The van der Waals surface area contributed by atoms with Crippen molar-refractivity contribution < 1.29 is 32.9 Å². The van der Waals surface area contributed by atoms with Gasteiger partial charge >= 0.3 is 0 Å². The number of piperazine rings is 1. The molecule has 5 aromatic rings. The first-order chi connectivity index (χ1) is 32.7. The predicted molar refractivity (Wildman–Crippen MR) is 268 cm³/mol. The Morgan fingerprint density at radius 2 is 1.53 bits per heavy atom. The Morgan fingerprint density at radius 1 is 0.838 bits per heavy atom. The fourth-order valence-electron chi connectivity index (χ4n) is 7.76. The monoisotopic (exact) mass is 984 g/mol. The number of amides is 3. The minimum atomic E-state index is -4.62. The van der Waals surface area contributed by atoms with E-state index in [9.17, 15) is 32.9 Å². The molecule has 6 rings (SSSR count). The molecule has 16 nitrogen and oxygen atoms in total. The second-order valence-electron chi connectivity index (χ2n) is 16.7. The predicted octanol–water partition coefficient (Wildman–Crippen LogP) is 8.28. The second kappa shape index (κ2) is 24.8. The fraction of sp³-hybridized carbons (Fsp3) is 0.327. The highest BCUT2D eigenvalue weighted by Crippen LogP contribution is 2.33.